The average Bonchev–Trinajstić information content (AvgIpc) is 3.81. The highest BCUT2D eigenvalue weighted by atomic mass is 35.5. The Bertz CT molecular complexity index is 2280. The average molecular weight is 801 g/mol. The lowest BCUT2D eigenvalue weighted by Gasteiger charge is -2.36. The summed E-state index contributed by atoms with van der Waals surface area (Å²) in [6.07, 6.45) is 10.5. The van der Waals surface area contributed by atoms with Crippen LogP contribution in [-0.2, 0) is 7.05 Å². The Hall–Kier alpha value is -5.33. The van der Waals surface area contributed by atoms with Gasteiger partial charge in [-0.3, -0.25) is 9.58 Å². The standard InChI is InChI=1S/C45H57ClN12/c1-28(2)58-32(6)34(11-9-29(3)47-7)21-35-22-36(24-48-44(35)58)51-43-40(46)25-49-45(52-43)56-19-17-55(18-20-56)26-33-15-16-57(27-33)37-12-14-39-41(23-37)54(8)53-42(39)38-13-10-30(4)50-31(38)5/h12,14,21-25,28,33,38,47,50H,3-6,9-11,13,15-20,26-27H2,1-2,7-8H3,(H,49,51,52). The number of anilines is 5. The third-order valence-corrected chi connectivity index (χ3v) is 12.5. The summed E-state index contributed by atoms with van der Waals surface area (Å²) in [7, 11) is 3.96. The van der Waals surface area contributed by atoms with E-state index in [1.54, 1.807) is 6.20 Å². The summed E-state index contributed by atoms with van der Waals surface area (Å²) in [5.74, 6) is 2.96. The zero-order chi connectivity index (χ0) is 40.7. The van der Waals surface area contributed by atoms with Crippen molar-refractivity contribution in [1.29, 1.82) is 0 Å². The van der Waals surface area contributed by atoms with E-state index in [4.69, 9.17) is 26.7 Å². The molecule has 3 fully saturated rings. The zero-order valence-electron chi connectivity index (χ0n) is 34.5. The highest BCUT2D eigenvalue weighted by molar-refractivity contribution is 6.32. The SMILES string of the molecule is C=C(CCC1=Cc2cc(Nc3nc(N4CCN(CC5CCN(c6ccc7c(C8CCC(=C)NC8=C)nn(C)c7c6)C5)CC4)ncc3Cl)cnc2N(C(C)C)C1=C)NC. The highest BCUT2D eigenvalue weighted by Crippen LogP contribution is 2.39. The summed E-state index contributed by atoms with van der Waals surface area (Å²) in [4.78, 5) is 24.0. The molecule has 3 aromatic heterocycles. The van der Waals surface area contributed by atoms with Gasteiger partial charge >= 0.3 is 0 Å². The van der Waals surface area contributed by atoms with Gasteiger partial charge in [0.15, 0.2) is 5.82 Å². The smallest absolute Gasteiger partial charge is 0.227 e. The molecule has 0 amide bonds. The van der Waals surface area contributed by atoms with Gasteiger partial charge in [-0.05, 0) is 87.8 Å². The van der Waals surface area contributed by atoms with E-state index in [-0.39, 0.29) is 12.0 Å². The molecule has 4 aromatic rings. The summed E-state index contributed by atoms with van der Waals surface area (Å²) in [6, 6.07) is 9.17. The topological polar surface area (TPSA) is 106 Å². The first-order chi connectivity index (χ1) is 27.9. The van der Waals surface area contributed by atoms with E-state index >= 15 is 0 Å². The van der Waals surface area contributed by atoms with Crippen molar-refractivity contribution >= 4 is 57.5 Å². The normalized spacial score (nSPS) is 20.1. The second-order valence-electron chi connectivity index (χ2n) is 16.5. The molecular formula is C45H57ClN12. The number of piperazine rings is 1. The molecule has 0 saturated carbocycles. The van der Waals surface area contributed by atoms with Crippen LogP contribution in [0.1, 0.15) is 63.1 Å². The van der Waals surface area contributed by atoms with Crippen LogP contribution in [0.2, 0.25) is 5.02 Å². The second kappa shape index (κ2) is 16.5. The van der Waals surface area contributed by atoms with E-state index in [1.165, 1.54) is 28.6 Å². The van der Waals surface area contributed by atoms with Gasteiger partial charge in [0.25, 0.3) is 0 Å². The third kappa shape index (κ3) is 8.04. The predicted molar refractivity (Wildman–Crippen MR) is 240 cm³/mol. The van der Waals surface area contributed by atoms with Gasteiger partial charge < -0.3 is 30.7 Å². The Morgan fingerprint density at radius 1 is 1.02 bits per heavy atom. The molecule has 8 rings (SSSR count). The molecule has 1 aromatic carbocycles. The molecule has 58 heavy (non-hydrogen) atoms. The number of pyridine rings is 1. The zero-order valence-corrected chi connectivity index (χ0v) is 35.2. The first-order valence-electron chi connectivity index (χ1n) is 20.6. The molecule has 7 heterocycles. The fraction of sp³-hybridized carbons (Fsp3) is 0.422. The van der Waals surface area contributed by atoms with Gasteiger partial charge in [0.05, 0.1) is 29.3 Å². The minimum absolute atomic E-state index is 0.199. The fourth-order valence-electron chi connectivity index (χ4n) is 8.93. The second-order valence-corrected chi connectivity index (χ2v) is 16.9. The number of hydrogen-bond donors (Lipinski definition) is 3. The molecule has 12 nitrogen and oxygen atoms in total. The number of allylic oxidation sites excluding steroid dienone is 4. The van der Waals surface area contributed by atoms with E-state index in [1.807, 2.05) is 17.9 Å². The van der Waals surface area contributed by atoms with Crippen LogP contribution < -0.4 is 30.7 Å². The molecule has 0 spiro atoms. The van der Waals surface area contributed by atoms with Gasteiger partial charge in [-0.2, -0.15) is 10.1 Å². The van der Waals surface area contributed by atoms with Crippen molar-refractivity contribution in [3.63, 3.8) is 0 Å². The van der Waals surface area contributed by atoms with Crippen LogP contribution in [0.5, 0.6) is 0 Å². The summed E-state index contributed by atoms with van der Waals surface area (Å²) in [6.45, 7) is 28.1. The van der Waals surface area contributed by atoms with Crippen LogP contribution in [0.25, 0.3) is 17.0 Å². The molecule has 3 saturated heterocycles. The van der Waals surface area contributed by atoms with Gasteiger partial charge in [-0.25, -0.2) is 9.97 Å². The molecular weight excluding hydrogens is 744 g/mol. The van der Waals surface area contributed by atoms with Crippen molar-refractivity contribution < 1.29 is 0 Å². The van der Waals surface area contributed by atoms with Crippen LogP contribution in [0.4, 0.5) is 29.0 Å². The van der Waals surface area contributed by atoms with E-state index in [2.05, 4.69) is 118 Å². The molecule has 13 heteroatoms. The number of benzene rings is 1. The van der Waals surface area contributed by atoms with Gasteiger partial charge in [-0.1, -0.05) is 37.9 Å². The maximum Gasteiger partial charge on any atom is 0.227 e. The third-order valence-electron chi connectivity index (χ3n) is 12.2. The van der Waals surface area contributed by atoms with Crippen molar-refractivity contribution in [1.82, 2.24) is 40.3 Å². The fourth-order valence-corrected chi connectivity index (χ4v) is 9.07. The Balaban J connectivity index is 0.875. The van der Waals surface area contributed by atoms with Crippen molar-refractivity contribution in [2.24, 2.45) is 13.0 Å². The number of hydrogen-bond acceptors (Lipinski definition) is 11. The minimum atomic E-state index is 0.199. The van der Waals surface area contributed by atoms with Gasteiger partial charge in [-0.15, -0.1) is 0 Å². The van der Waals surface area contributed by atoms with Crippen molar-refractivity contribution in [2.45, 2.75) is 57.9 Å². The van der Waals surface area contributed by atoms with Crippen LogP contribution in [0.15, 0.2) is 91.3 Å². The summed E-state index contributed by atoms with van der Waals surface area (Å²) in [5.41, 5.74) is 10.6. The molecule has 304 valence electrons. The Morgan fingerprint density at radius 2 is 1.83 bits per heavy atom. The van der Waals surface area contributed by atoms with Crippen molar-refractivity contribution in [3.8, 4) is 0 Å². The first-order valence-corrected chi connectivity index (χ1v) is 21.0. The van der Waals surface area contributed by atoms with E-state index in [9.17, 15) is 0 Å². The van der Waals surface area contributed by atoms with Crippen LogP contribution >= 0.6 is 11.6 Å². The largest absolute Gasteiger partial charge is 0.392 e. The first kappa shape index (κ1) is 39.5. The molecule has 4 aliphatic rings. The minimum Gasteiger partial charge on any atom is -0.392 e. The number of aromatic nitrogens is 5. The lowest BCUT2D eigenvalue weighted by molar-refractivity contribution is 0.224. The molecule has 0 radical (unpaired) electrons. The predicted octanol–water partition coefficient (Wildman–Crippen LogP) is 7.94. The molecule has 3 N–H and O–H groups in total. The monoisotopic (exact) mass is 800 g/mol. The van der Waals surface area contributed by atoms with E-state index in [0.717, 1.165) is 117 Å². The van der Waals surface area contributed by atoms with Gasteiger partial charge in [0.1, 0.15) is 10.8 Å². The van der Waals surface area contributed by atoms with E-state index in [0.29, 0.717) is 22.7 Å². The number of piperidine rings is 1. The molecule has 2 atom stereocenters. The number of aryl methyl sites for hydroxylation is 1. The van der Waals surface area contributed by atoms with Crippen molar-refractivity contribution in [2.75, 3.05) is 72.9 Å². The quantitative estimate of drug-likeness (QED) is 0.130. The number of nitrogens with one attached hydrogen (secondary N) is 3. The van der Waals surface area contributed by atoms with Gasteiger partial charge in [0.2, 0.25) is 5.95 Å². The molecule has 4 aliphatic heterocycles. The maximum absolute atomic E-state index is 6.68. The summed E-state index contributed by atoms with van der Waals surface area (Å²) < 4.78 is 2.03. The summed E-state index contributed by atoms with van der Waals surface area (Å²) >= 11 is 6.68. The Morgan fingerprint density at radius 3 is 2.59 bits per heavy atom. The van der Waals surface area contributed by atoms with Crippen molar-refractivity contribution in [3.05, 3.63) is 108 Å². The lowest BCUT2D eigenvalue weighted by Crippen LogP contribution is -2.48. The van der Waals surface area contributed by atoms with Crippen LogP contribution in [0.3, 0.4) is 0 Å². The Kier molecular flexibility index (Phi) is 11.2. The lowest BCUT2D eigenvalue weighted by atomic mass is 9.90. The number of rotatable bonds is 12. The number of fused-ring (bicyclic) bond motifs is 2. The molecule has 0 bridgehead atoms. The Labute approximate surface area is 348 Å². The maximum atomic E-state index is 6.68. The van der Waals surface area contributed by atoms with Crippen LogP contribution in [-0.4, -0.2) is 88.5 Å². The van der Waals surface area contributed by atoms with Crippen LogP contribution in [0, 0.1) is 5.92 Å². The van der Waals surface area contributed by atoms with E-state index < -0.39 is 0 Å². The summed E-state index contributed by atoms with van der Waals surface area (Å²) in [5, 5.41) is 16.6. The molecule has 0 aliphatic carbocycles. The van der Waals surface area contributed by atoms with Gasteiger partial charge in [0, 0.05) is 111 Å². The number of nitrogens with zero attached hydrogens (tertiary/aromatic N) is 9. The highest BCUT2D eigenvalue weighted by Gasteiger charge is 2.30. The molecule has 2 unspecified atom stereocenters. The number of halogens is 1.